The van der Waals surface area contributed by atoms with E-state index >= 15 is 0 Å². The number of ketones is 1. The van der Waals surface area contributed by atoms with Crippen molar-refractivity contribution in [2.45, 2.75) is 104 Å². The predicted molar refractivity (Wildman–Crippen MR) is 136 cm³/mol. The Labute approximate surface area is 217 Å². The van der Waals surface area contributed by atoms with Crippen molar-refractivity contribution in [3.05, 3.63) is 21.7 Å². The van der Waals surface area contributed by atoms with Gasteiger partial charge in [0, 0.05) is 17.7 Å². The van der Waals surface area contributed by atoms with Crippen LogP contribution in [0.5, 0.6) is 0 Å². The van der Waals surface area contributed by atoms with Gasteiger partial charge in [-0.2, -0.15) is 5.26 Å². The largest absolute Gasteiger partial charge is 0.458 e. The standard InChI is InChI=1S/C27H38N2O6S/c1-15-8-7-9-27(14-28)22(35-27)11-20(16(2)10-19-13-36-18(4)29-19)34-23(31)12-21(30)26(5,6)25(33)17(3)24(15)32/h10,13,15,17,20-22,24,30,32H,7-9,11-12H2,1-6H3/t15-,17+,20-,21-,22?,24-,27+/m0/s1. The molecule has 0 saturated carbocycles. The monoisotopic (exact) mass is 518 g/mol. The maximum atomic E-state index is 13.2. The molecule has 2 aliphatic heterocycles. The molecule has 36 heavy (non-hydrogen) atoms. The van der Waals surface area contributed by atoms with Crippen molar-refractivity contribution < 1.29 is 29.3 Å². The molecule has 1 unspecified atom stereocenters. The highest BCUT2D eigenvalue weighted by molar-refractivity contribution is 7.09. The summed E-state index contributed by atoms with van der Waals surface area (Å²) in [6, 6.07) is 2.29. The lowest BCUT2D eigenvalue weighted by Gasteiger charge is -2.34. The molecule has 1 aromatic heterocycles. The quantitative estimate of drug-likeness (QED) is 0.444. The minimum atomic E-state index is -1.28. The first kappa shape index (κ1) is 28.5. The first-order chi connectivity index (χ1) is 16.8. The van der Waals surface area contributed by atoms with Crippen LogP contribution in [0, 0.1) is 35.5 Å². The number of carbonyl (C=O) groups is 2. The number of aliphatic hydroxyl groups is 2. The van der Waals surface area contributed by atoms with Crippen LogP contribution in [0.15, 0.2) is 11.0 Å². The van der Waals surface area contributed by atoms with Crippen LogP contribution in [0.4, 0.5) is 0 Å². The van der Waals surface area contributed by atoms with Crippen molar-refractivity contribution in [2.24, 2.45) is 17.3 Å². The van der Waals surface area contributed by atoms with Gasteiger partial charge < -0.3 is 19.7 Å². The fourth-order valence-corrected chi connectivity index (χ4v) is 5.57. The maximum Gasteiger partial charge on any atom is 0.309 e. The number of aryl methyl sites for hydroxylation is 1. The molecule has 0 amide bonds. The average Bonchev–Trinajstić information content (AvgIpc) is 3.35. The summed E-state index contributed by atoms with van der Waals surface area (Å²) in [5, 5.41) is 34.4. The molecular weight excluding hydrogens is 480 g/mol. The van der Waals surface area contributed by atoms with Crippen molar-refractivity contribution in [2.75, 3.05) is 0 Å². The summed E-state index contributed by atoms with van der Waals surface area (Å²) in [5.74, 6) is -1.85. The van der Waals surface area contributed by atoms with E-state index < -0.39 is 47.3 Å². The number of rotatable bonds is 2. The Morgan fingerprint density at radius 2 is 2.00 bits per heavy atom. The third-order valence-corrected chi connectivity index (χ3v) is 8.56. The molecule has 0 radical (unpaired) electrons. The molecule has 2 saturated heterocycles. The number of carbonyl (C=O) groups excluding carboxylic acids is 2. The lowest BCUT2D eigenvalue weighted by molar-refractivity contribution is -0.154. The van der Waals surface area contributed by atoms with E-state index in [2.05, 4.69) is 11.1 Å². The smallest absolute Gasteiger partial charge is 0.309 e. The highest BCUT2D eigenvalue weighted by Gasteiger charge is 2.57. The third kappa shape index (κ3) is 6.23. The van der Waals surface area contributed by atoms with Gasteiger partial charge >= 0.3 is 5.97 Å². The van der Waals surface area contributed by atoms with E-state index in [9.17, 15) is 25.1 Å². The molecule has 3 rings (SSSR count). The molecule has 198 valence electrons. The Kier molecular flexibility index (Phi) is 8.77. The van der Waals surface area contributed by atoms with Crippen LogP contribution in [0.2, 0.25) is 0 Å². The zero-order valence-electron chi connectivity index (χ0n) is 22.0. The second kappa shape index (κ2) is 11.1. The summed E-state index contributed by atoms with van der Waals surface area (Å²) in [7, 11) is 0. The number of nitrogens with zero attached hydrogens (tertiary/aromatic N) is 2. The molecule has 8 nitrogen and oxygen atoms in total. The number of aromatic nitrogens is 1. The number of thiazole rings is 1. The van der Waals surface area contributed by atoms with Crippen LogP contribution in [0.1, 0.15) is 77.4 Å². The molecule has 0 aliphatic carbocycles. The Morgan fingerprint density at radius 1 is 1.31 bits per heavy atom. The summed E-state index contributed by atoms with van der Waals surface area (Å²) in [5.41, 5.74) is -0.682. The van der Waals surface area contributed by atoms with E-state index in [0.717, 1.165) is 16.3 Å². The number of fused-ring (bicyclic) bond motifs is 1. The number of epoxide rings is 1. The lowest BCUT2D eigenvalue weighted by Crippen LogP contribution is -2.45. The maximum absolute atomic E-state index is 13.2. The lowest BCUT2D eigenvalue weighted by atomic mass is 9.73. The topological polar surface area (TPSA) is 133 Å². The molecule has 3 heterocycles. The van der Waals surface area contributed by atoms with Crippen LogP contribution in [-0.4, -0.2) is 57.0 Å². The second-order valence-corrected chi connectivity index (χ2v) is 12.0. The number of hydrogen-bond donors (Lipinski definition) is 2. The highest BCUT2D eigenvalue weighted by Crippen LogP contribution is 2.45. The fourth-order valence-electron chi connectivity index (χ4n) is 5.00. The molecule has 7 atom stereocenters. The molecule has 0 bridgehead atoms. The molecule has 2 fully saturated rings. The summed E-state index contributed by atoms with van der Waals surface area (Å²) in [6.07, 6.45) is 0.311. The summed E-state index contributed by atoms with van der Waals surface area (Å²) in [6.45, 7) is 10.5. The number of hydrogen-bond acceptors (Lipinski definition) is 9. The fraction of sp³-hybridized carbons (Fsp3) is 0.704. The highest BCUT2D eigenvalue weighted by atomic mass is 32.1. The number of cyclic esters (lactones) is 1. The van der Waals surface area contributed by atoms with Gasteiger partial charge in [-0.3, -0.25) is 9.59 Å². The van der Waals surface area contributed by atoms with Crippen LogP contribution < -0.4 is 0 Å². The SMILES string of the molecule is CC(=Cc1csc(C)n1)[C@@H]1CC2O[C@@]2(C#N)CCC[C@H](C)[C@H](O)[C@@H](C)C(=O)C(C)(C)[C@@H](O)CC(=O)O1. The number of esters is 1. The van der Waals surface area contributed by atoms with Crippen molar-refractivity contribution >= 4 is 29.2 Å². The van der Waals surface area contributed by atoms with Gasteiger partial charge in [-0.25, -0.2) is 4.98 Å². The number of nitriles is 1. The van der Waals surface area contributed by atoms with Gasteiger partial charge in [0.2, 0.25) is 0 Å². The van der Waals surface area contributed by atoms with Gasteiger partial charge in [0.25, 0.3) is 0 Å². The normalized spacial score (nSPS) is 36.5. The molecule has 0 aromatic carbocycles. The van der Waals surface area contributed by atoms with Gasteiger partial charge in [0.05, 0.1) is 34.7 Å². The van der Waals surface area contributed by atoms with Crippen molar-refractivity contribution in [3.63, 3.8) is 0 Å². The number of aliphatic hydroxyl groups excluding tert-OH is 2. The zero-order chi connectivity index (χ0) is 26.8. The van der Waals surface area contributed by atoms with Gasteiger partial charge in [-0.05, 0) is 50.7 Å². The zero-order valence-corrected chi connectivity index (χ0v) is 22.8. The van der Waals surface area contributed by atoms with Crippen LogP contribution in [0.3, 0.4) is 0 Å². The van der Waals surface area contributed by atoms with E-state index in [1.165, 1.54) is 11.3 Å². The first-order valence-corrected chi connectivity index (χ1v) is 13.5. The molecule has 9 heteroatoms. The van der Waals surface area contributed by atoms with E-state index in [4.69, 9.17) is 9.47 Å². The average molecular weight is 519 g/mol. The molecule has 2 aliphatic rings. The van der Waals surface area contributed by atoms with Crippen LogP contribution >= 0.6 is 11.3 Å². The van der Waals surface area contributed by atoms with E-state index in [1.54, 1.807) is 20.8 Å². The molecule has 1 aromatic rings. The van der Waals surface area contributed by atoms with Gasteiger partial charge in [-0.1, -0.05) is 27.7 Å². The van der Waals surface area contributed by atoms with Crippen LogP contribution in [-0.2, 0) is 19.1 Å². The Bertz CT molecular complexity index is 1040. The second-order valence-electron chi connectivity index (χ2n) is 11.0. The summed E-state index contributed by atoms with van der Waals surface area (Å²) in [4.78, 5) is 30.6. The molecule has 2 N–H and O–H groups in total. The predicted octanol–water partition coefficient (Wildman–Crippen LogP) is 3.98. The van der Waals surface area contributed by atoms with Gasteiger partial charge in [0.15, 0.2) is 5.60 Å². The molecule has 0 spiro atoms. The molecular formula is C27H38N2O6S. The number of Topliss-reactive ketones (excluding diaryl/α,β-unsaturated/α-hetero) is 1. The summed E-state index contributed by atoms with van der Waals surface area (Å²) >= 11 is 1.52. The third-order valence-electron chi connectivity index (χ3n) is 7.77. The van der Waals surface area contributed by atoms with E-state index in [-0.39, 0.29) is 18.1 Å². The van der Waals surface area contributed by atoms with E-state index in [0.29, 0.717) is 25.7 Å². The Balaban J connectivity index is 1.89. The first-order valence-electron chi connectivity index (χ1n) is 12.6. The van der Waals surface area contributed by atoms with Crippen LogP contribution in [0.25, 0.3) is 6.08 Å². The van der Waals surface area contributed by atoms with Crippen molar-refractivity contribution in [1.29, 1.82) is 5.26 Å². The summed E-state index contributed by atoms with van der Waals surface area (Å²) < 4.78 is 11.6. The Hall–Kier alpha value is -2.12. The van der Waals surface area contributed by atoms with Crippen molar-refractivity contribution in [1.82, 2.24) is 4.98 Å². The van der Waals surface area contributed by atoms with E-state index in [1.807, 2.05) is 32.2 Å². The van der Waals surface area contributed by atoms with Gasteiger partial charge in [-0.15, -0.1) is 11.3 Å². The van der Waals surface area contributed by atoms with Crippen molar-refractivity contribution in [3.8, 4) is 6.07 Å². The minimum absolute atomic E-state index is 0.179. The Morgan fingerprint density at radius 3 is 2.61 bits per heavy atom. The van der Waals surface area contributed by atoms with Gasteiger partial charge in [0.1, 0.15) is 24.1 Å². The number of ether oxygens (including phenoxy) is 2. The minimum Gasteiger partial charge on any atom is -0.458 e.